The number of carbonyl (C=O) groups is 1. The number of aliphatic hydroxyl groups is 1. The Morgan fingerprint density at radius 1 is 1.03 bits per heavy atom. The lowest BCUT2D eigenvalue weighted by molar-refractivity contribution is 0.0916. The van der Waals surface area contributed by atoms with Gasteiger partial charge in [0.05, 0.1) is 17.6 Å². The first-order valence-corrected chi connectivity index (χ1v) is 11.7. The van der Waals surface area contributed by atoms with Crippen molar-refractivity contribution in [1.29, 1.82) is 0 Å². The number of rotatable bonds is 9. The van der Waals surface area contributed by atoms with Crippen LogP contribution in [0.4, 0.5) is 5.69 Å². The van der Waals surface area contributed by atoms with Crippen LogP contribution in [0.15, 0.2) is 77.7 Å². The molecule has 3 aromatic carbocycles. The molecule has 7 nitrogen and oxygen atoms in total. The van der Waals surface area contributed by atoms with Gasteiger partial charge in [-0.3, -0.25) is 9.52 Å². The van der Waals surface area contributed by atoms with Crippen LogP contribution < -0.4 is 14.8 Å². The maximum atomic E-state index is 12.7. The first-order valence-electron chi connectivity index (χ1n) is 10.2. The van der Waals surface area contributed by atoms with E-state index < -0.39 is 22.0 Å². The van der Waals surface area contributed by atoms with E-state index in [1.54, 1.807) is 30.3 Å². The zero-order chi connectivity index (χ0) is 23.1. The molecule has 0 saturated heterocycles. The lowest BCUT2D eigenvalue weighted by Gasteiger charge is -2.13. The Bertz CT molecular complexity index is 1160. The Kier molecular flexibility index (Phi) is 7.50. The second kappa shape index (κ2) is 10.3. The lowest BCUT2D eigenvalue weighted by Crippen LogP contribution is -2.28. The molecule has 3 rings (SSSR count). The molecule has 8 heteroatoms. The molecule has 32 heavy (non-hydrogen) atoms. The normalized spacial score (nSPS) is 12.1. The fourth-order valence-corrected chi connectivity index (χ4v) is 4.07. The smallest absolute Gasteiger partial charge is 0.261 e. The molecule has 1 atom stereocenters. The summed E-state index contributed by atoms with van der Waals surface area (Å²) < 4.78 is 33.1. The van der Waals surface area contributed by atoms with Gasteiger partial charge in [-0.15, -0.1) is 0 Å². The highest BCUT2D eigenvalue weighted by Gasteiger charge is 2.16. The van der Waals surface area contributed by atoms with Gasteiger partial charge in [0.15, 0.2) is 0 Å². The minimum Gasteiger partial charge on any atom is -0.494 e. The van der Waals surface area contributed by atoms with Crippen LogP contribution in [0.1, 0.15) is 34.5 Å². The summed E-state index contributed by atoms with van der Waals surface area (Å²) in [5, 5.41) is 13.0. The fourth-order valence-electron chi connectivity index (χ4n) is 3.02. The molecule has 168 valence electrons. The zero-order valence-corrected chi connectivity index (χ0v) is 18.7. The van der Waals surface area contributed by atoms with Crippen molar-refractivity contribution in [2.75, 3.05) is 17.9 Å². The number of aliphatic hydroxyl groups excluding tert-OH is 1. The van der Waals surface area contributed by atoms with E-state index in [-0.39, 0.29) is 22.7 Å². The summed E-state index contributed by atoms with van der Waals surface area (Å²) in [4.78, 5) is 12.6. The minimum absolute atomic E-state index is 0.0318. The van der Waals surface area contributed by atoms with Crippen molar-refractivity contribution in [1.82, 2.24) is 5.32 Å². The van der Waals surface area contributed by atoms with Crippen molar-refractivity contribution in [2.24, 2.45) is 0 Å². The number of ether oxygens (including phenoxy) is 1. The Labute approximate surface area is 188 Å². The van der Waals surface area contributed by atoms with Gasteiger partial charge in [-0.25, -0.2) is 8.42 Å². The van der Waals surface area contributed by atoms with Crippen LogP contribution in [0.5, 0.6) is 5.75 Å². The number of hydrogen-bond donors (Lipinski definition) is 3. The van der Waals surface area contributed by atoms with Crippen LogP contribution in [0.2, 0.25) is 0 Å². The molecule has 0 saturated carbocycles. The monoisotopic (exact) mass is 454 g/mol. The van der Waals surface area contributed by atoms with Crippen molar-refractivity contribution in [3.63, 3.8) is 0 Å². The maximum absolute atomic E-state index is 12.7. The van der Waals surface area contributed by atoms with Crippen LogP contribution in [-0.2, 0) is 10.0 Å². The largest absolute Gasteiger partial charge is 0.494 e. The van der Waals surface area contributed by atoms with Gasteiger partial charge in [-0.05, 0) is 61.9 Å². The number of sulfonamides is 1. The van der Waals surface area contributed by atoms with Crippen LogP contribution in [0.3, 0.4) is 0 Å². The summed E-state index contributed by atoms with van der Waals surface area (Å²) in [6.07, 6.45) is -0.846. The van der Waals surface area contributed by atoms with E-state index in [0.717, 1.165) is 5.56 Å². The number of carbonyl (C=O) groups excluding carboxylic acids is 1. The fraction of sp³-hybridized carbons (Fsp3) is 0.208. The van der Waals surface area contributed by atoms with Crippen LogP contribution in [0, 0.1) is 6.92 Å². The number of nitrogens with one attached hydrogen (secondary N) is 2. The summed E-state index contributed by atoms with van der Waals surface area (Å²) in [6.45, 7) is 4.32. The summed E-state index contributed by atoms with van der Waals surface area (Å²) >= 11 is 0. The van der Waals surface area contributed by atoms with E-state index >= 15 is 0 Å². The molecule has 0 fully saturated rings. The van der Waals surface area contributed by atoms with Gasteiger partial charge in [0.25, 0.3) is 15.9 Å². The van der Waals surface area contributed by atoms with Crippen LogP contribution in [0.25, 0.3) is 0 Å². The first-order chi connectivity index (χ1) is 15.3. The standard InChI is InChI=1S/C24H26N2O5S/c1-3-31-21-11-13-22(14-12-21)32(29,30)26-20-6-4-5-19(15-20)24(28)25-16-23(27)18-9-7-17(2)8-10-18/h4-15,23,26-27H,3,16H2,1-2H3,(H,25,28)/t23-/m0/s1. The summed E-state index contributed by atoms with van der Waals surface area (Å²) in [6, 6.07) is 19.6. The predicted molar refractivity (Wildman–Crippen MR) is 123 cm³/mol. The van der Waals surface area contributed by atoms with Gasteiger partial charge in [-0.2, -0.15) is 0 Å². The molecule has 3 N–H and O–H groups in total. The third-order valence-electron chi connectivity index (χ3n) is 4.74. The van der Waals surface area contributed by atoms with E-state index in [1.165, 1.54) is 18.2 Å². The Balaban J connectivity index is 1.65. The highest BCUT2D eigenvalue weighted by atomic mass is 32.2. The van der Waals surface area contributed by atoms with Gasteiger partial charge >= 0.3 is 0 Å². The molecule has 0 heterocycles. The van der Waals surface area contributed by atoms with Gasteiger partial charge in [-0.1, -0.05) is 35.9 Å². The van der Waals surface area contributed by atoms with Crippen LogP contribution >= 0.6 is 0 Å². The summed E-state index contributed by atoms with van der Waals surface area (Å²) in [5.41, 5.74) is 2.31. The van der Waals surface area contributed by atoms with Crippen molar-refractivity contribution >= 4 is 21.6 Å². The molecule has 0 aliphatic heterocycles. The highest BCUT2D eigenvalue weighted by molar-refractivity contribution is 7.92. The van der Waals surface area contributed by atoms with Gasteiger partial charge in [0.1, 0.15) is 5.75 Å². The summed E-state index contributed by atoms with van der Waals surface area (Å²) in [5.74, 6) is 0.163. The molecule has 3 aromatic rings. The average Bonchev–Trinajstić information content (AvgIpc) is 2.78. The quantitative estimate of drug-likeness (QED) is 0.458. The van der Waals surface area contributed by atoms with E-state index in [2.05, 4.69) is 10.0 Å². The highest BCUT2D eigenvalue weighted by Crippen LogP contribution is 2.20. The van der Waals surface area contributed by atoms with Crippen molar-refractivity contribution < 1.29 is 23.1 Å². The molecule has 0 aliphatic rings. The number of benzene rings is 3. The zero-order valence-electron chi connectivity index (χ0n) is 17.9. The molecule has 0 spiro atoms. The van der Waals surface area contributed by atoms with Crippen molar-refractivity contribution in [3.05, 3.63) is 89.5 Å². The topological polar surface area (TPSA) is 105 Å². The van der Waals surface area contributed by atoms with Gasteiger partial charge in [0.2, 0.25) is 0 Å². The summed E-state index contributed by atoms with van der Waals surface area (Å²) in [7, 11) is -3.83. The molecule has 0 aromatic heterocycles. The predicted octanol–water partition coefficient (Wildman–Crippen LogP) is 3.66. The minimum atomic E-state index is -3.83. The third kappa shape index (κ3) is 6.09. The second-order valence-corrected chi connectivity index (χ2v) is 8.91. The SMILES string of the molecule is CCOc1ccc(S(=O)(=O)Nc2cccc(C(=O)NC[C@H](O)c3ccc(C)cc3)c2)cc1. The number of aryl methyl sites for hydroxylation is 1. The maximum Gasteiger partial charge on any atom is 0.261 e. The number of anilines is 1. The van der Waals surface area contributed by atoms with Crippen molar-refractivity contribution in [2.45, 2.75) is 24.8 Å². The molecule has 0 unspecified atom stereocenters. The average molecular weight is 455 g/mol. The first kappa shape index (κ1) is 23.3. The molecule has 0 aliphatic carbocycles. The molecular weight excluding hydrogens is 428 g/mol. The van der Waals surface area contributed by atoms with E-state index in [4.69, 9.17) is 4.74 Å². The van der Waals surface area contributed by atoms with E-state index in [0.29, 0.717) is 17.9 Å². The Morgan fingerprint density at radius 2 is 1.72 bits per heavy atom. The van der Waals surface area contributed by atoms with Crippen LogP contribution in [-0.4, -0.2) is 32.6 Å². The molecule has 0 radical (unpaired) electrons. The molecule has 1 amide bonds. The third-order valence-corrected chi connectivity index (χ3v) is 6.14. The Hall–Kier alpha value is -3.36. The molecular formula is C24H26N2O5S. The lowest BCUT2D eigenvalue weighted by atomic mass is 10.1. The van der Waals surface area contributed by atoms with Crippen molar-refractivity contribution in [3.8, 4) is 5.75 Å². The van der Waals surface area contributed by atoms with E-state index in [1.807, 2.05) is 38.1 Å². The second-order valence-electron chi connectivity index (χ2n) is 7.23. The number of hydrogen-bond acceptors (Lipinski definition) is 5. The Morgan fingerprint density at radius 3 is 2.38 bits per heavy atom. The van der Waals surface area contributed by atoms with E-state index in [9.17, 15) is 18.3 Å². The molecule has 0 bridgehead atoms. The number of amides is 1. The van der Waals surface area contributed by atoms with Gasteiger partial charge in [0, 0.05) is 17.8 Å². The van der Waals surface area contributed by atoms with Gasteiger partial charge < -0.3 is 15.2 Å².